The highest BCUT2D eigenvalue weighted by Crippen LogP contribution is 2.16. The predicted octanol–water partition coefficient (Wildman–Crippen LogP) is 1.17. The molecule has 16 heavy (non-hydrogen) atoms. The number of hydrogen-bond donors (Lipinski definition) is 1. The fourth-order valence-electron chi connectivity index (χ4n) is 2.18. The van der Waals surface area contributed by atoms with Crippen LogP contribution in [0.25, 0.3) is 0 Å². The quantitative estimate of drug-likeness (QED) is 0.719. The summed E-state index contributed by atoms with van der Waals surface area (Å²) < 4.78 is 4.81. The Kier molecular flexibility index (Phi) is 5.77. The molecule has 2 unspecified atom stereocenters. The van der Waals surface area contributed by atoms with Gasteiger partial charge in [-0.2, -0.15) is 0 Å². The monoisotopic (exact) mass is 229 g/mol. The molecule has 4 heteroatoms. The number of carbonyl (C=O) groups is 1. The lowest BCUT2D eigenvalue weighted by Crippen LogP contribution is -2.42. The summed E-state index contributed by atoms with van der Waals surface area (Å²) in [5.41, 5.74) is 0. The lowest BCUT2D eigenvalue weighted by atomic mass is 10.0. The highest BCUT2D eigenvalue weighted by Gasteiger charge is 2.22. The number of hydrogen-bond acceptors (Lipinski definition) is 4. The Morgan fingerprint density at radius 1 is 1.56 bits per heavy atom. The van der Waals surface area contributed by atoms with E-state index in [1.165, 1.54) is 19.3 Å². The summed E-state index contributed by atoms with van der Waals surface area (Å²) in [6.07, 6.45) is 3.16. The Morgan fingerprint density at radius 2 is 2.31 bits per heavy atom. The first-order valence-electron chi connectivity index (χ1n) is 6.21. The highest BCUT2D eigenvalue weighted by molar-refractivity contribution is 5.69. The predicted molar refractivity (Wildman–Crippen MR) is 62.1 cm³/mol. The molecule has 0 aromatic rings. The largest absolute Gasteiger partial charge is 0.466 e. The number of carbonyl (C=O) groups excluding carboxylic acids is 1. The number of rotatable bonds is 5. The summed E-state index contributed by atoms with van der Waals surface area (Å²) in [4.78, 5) is 13.4. The maximum atomic E-state index is 11.2. The number of β-amino-alcohol motifs (C(OH)–C–C–N with tert-alkyl or cyclic N) is 1. The first-order valence-corrected chi connectivity index (χ1v) is 6.21. The van der Waals surface area contributed by atoms with Gasteiger partial charge in [0.25, 0.3) is 0 Å². The van der Waals surface area contributed by atoms with Crippen molar-refractivity contribution in [2.75, 3.05) is 19.7 Å². The molecule has 0 radical (unpaired) electrons. The molecule has 0 aromatic heterocycles. The third kappa shape index (κ3) is 4.49. The maximum absolute atomic E-state index is 11.2. The number of esters is 1. The minimum absolute atomic E-state index is 0.108. The van der Waals surface area contributed by atoms with Gasteiger partial charge in [0.1, 0.15) is 0 Å². The van der Waals surface area contributed by atoms with Gasteiger partial charge in [-0.05, 0) is 33.2 Å². The average Bonchev–Trinajstić information content (AvgIpc) is 2.21. The third-order valence-corrected chi connectivity index (χ3v) is 3.09. The third-order valence-electron chi connectivity index (χ3n) is 3.09. The average molecular weight is 229 g/mol. The van der Waals surface area contributed by atoms with E-state index >= 15 is 0 Å². The Balaban J connectivity index is 2.26. The molecule has 0 spiro atoms. The molecule has 1 aliphatic heterocycles. The highest BCUT2D eigenvalue weighted by atomic mass is 16.5. The first kappa shape index (κ1) is 13.5. The second-order valence-corrected chi connectivity index (χ2v) is 4.50. The zero-order chi connectivity index (χ0) is 12.0. The van der Waals surface area contributed by atoms with E-state index in [0.29, 0.717) is 19.2 Å². The molecule has 1 rings (SSSR count). The molecular weight excluding hydrogens is 206 g/mol. The van der Waals surface area contributed by atoms with Crippen molar-refractivity contribution in [1.82, 2.24) is 4.90 Å². The van der Waals surface area contributed by atoms with Crippen molar-refractivity contribution >= 4 is 5.97 Å². The Labute approximate surface area is 97.6 Å². The van der Waals surface area contributed by atoms with Gasteiger partial charge in [-0.1, -0.05) is 6.42 Å². The molecule has 0 bridgehead atoms. The molecule has 2 atom stereocenters. The molecule has 0 saturated carbocycles. The minimum Gasteiger partial charge on any atom is -0.466 e. The molecule has 0 amide bonds. The summed E-state index contributed by atoms with van der Waals surface area (Å²) in [5.74, 6) is -0.306. The molecule has 1 N–H and O–H groups in total. The number of piperidine rings is 1. The van der Waals surface area contributed by atoms with Crippen molar-refractivity contribution < 1.29 is 14.6 Å². The van der Waals surface area contributed by atoms with Crippen molar-refractivity contribution in [2.24, 2.45) is 0 Å². The van der Waals surface area contributed by atoms with E-state index in [1.54, 1.807) is 6.92 Å². The number of ether oxygens (including phenoxy) is 1. The van der Waals surface area contributed by atoms with Gasteiger partial charge < -0.3 is 9.84 Å². The number of likely N-dealkylation sites (tertiary alicyclic amines) is 1. The van der Waals surface area contributed by atoms with Crippen LogP contribution in [0, 0.1) is 0 Å². The second kappa shape index (κ2) is 6.86. The SMILES string of the molecule is CCOC(=O)CC(O)CN1CCCCC1C. The van der Waals surface area contributed by atoms with Gasteiger partial charge in [-0.3, -0.25) is 9.69 Å². The molecule has 0 aromatic carbocycles. The van der Waals surface area contributed by atoms with Crippen LogP contribution in [0.15, 0.2) is 0 Å². The standard InChI is InChI=1S/C12H23NO3/c1-3-16-12(15)8-11(14)9-13-7-5-4-6-10(13)2/h10-11,14H,3-9H2,1-2H3. The number of nitrogens with zero attached hydrogens (tertiary/aromatic N) is 1. The topological polar surface area (TPSA) is 49.8 Å². The normalized spacial score (nSPS) is 24.1. The lowest BCUT2D eigenvalue weighted by molar-refractivity contribution is -0.145. The van der Waals surface area contributed by atoms with Gasteiger partial charge in [-0.25, -0.2) is 0 Å². The van der Waals surface area contributed by atoms with Crippen LogP contribution < -0.4 is 0 Å². The van der Waals surface area contributed by atoms with Crippen LogP contribution >= 0.6 is 0 Å². The van der Waals surface area contributed by atoms with Crippen molar-refractivity contribution in [1.29, 1.82) is 0 Å². The number of aliphatic hydroxyl groups is 1. The zero-order valence-electron chi connectivity index (χ0n) is 10.3. The van der Waals surface area contributed by atoms with Crippen LogP contribution in [-0.4, -0.2) is 47.8 Å². The van der Waals surface area contributed by atoms with Crippen molar-refractivity contribution in [3.63, 3.8) is 0 Å². The van der Waals surface area contributed by atoms with Crippen LogP contribution in [-0.2, 0) is 9.53 Å². The van der Waals surface area contributed by atoms with Gasteiger partial charge in [0, 0.05) is 12.6 Å². The van der Waals surface area contributed by atoms with Crippen LogP contribution in [0.5, 0.6) is 0 Å². The van der Waals surface area contributed by atoms with Gasteiger partial charge >= 0.3 is 5.97 Å². The van der Waals surface area contributed by atoms with E-state index in [9.17, 15) is 9.90 Å². The van der Waals surface area contributed by atoms with E-state index in [0.717, 1.165) is 6.54 Å². The molecule has 1 aliphatic rings. The smallest absolute Gasteiger partial charge is 0.308 e. The first-order chi connectivity index (χ1) is 7.63. The van der Waals surface area contributed by atoms with E-state index in [2.05, 4.69) is 11.8 Å². The summed E-state index contributed by atoms with van der Waals surface area (Å²) in [6.45, 7) is 5.94. The van der Waals surface area contributed by atoms with Gasteiger partial charge in [0.2, 0.25) is 0 Å². The molecule has 1 fully saturated rings. The van der Waals surface area contributed by atoms with Crippen molar-refractivity contribution in [3.8, 4) is 0 Å². The fraction of sp³-hybridized carbons (Fsp3) is 0.917. The summed E-state index contributed by atoms with van der Waals surface area (Å²) in [7, 11) is 0. The molecule has 1 heterocycles. The maximum Gasteiger partial charge on any atom is 0.308 e. The Hall–Kier alpha value is -0.610. The summed E-state index contributed by atoms with van der Waals surface area (Å²) in [6, 6.07) is 0.519. The summed E-state index contributed by atoms with van der Waals surface area (Å²) >= 11 is 0. The van der Waals surface area contributed by atoms with E-state index < -0.39 is 6.10 Å². The minimum atomic E-state index is -0.598. The molecule has 94 valence electrons. The van der Waals surface area contributed by atoms with Crippen molar-refractivity contribution in [2.45, 2.75) is 51.7 Å². The Bertz CT molecular complexity index is 220. The molecule has 4 nitrogen and oxygen atoms in total. The number of aliphatic hydroxyl groups excluding tert-OH is 1. The lowest BCUT2D eigenvalue weighted by Gasteiger charge is -2.34. The van der Waals surface area contributed by atoms with Gasteiger partial charge in [-0.15, -0.1) is 0 Å². The van der Waals surface area contributed by atoms with Gasteiger partial charge in [0.15, 0.2) is 0 Å². The van der Waals surface area contributed by atoms with Crippen LogP contribution in [0.3, 0.4) is 0 Å². The van der Waals surface area contributed by atoms with Gasteiger partial charge in [0.05, 0.1) is 19.1 Å². The van der Waals surface area contributed by atoms with E-state index in [-0.39, 0.29) is 12.4 Å². The summed E-state index contributed by atoms with van der Waals surface area (Å²) in [5, 5.41) is 9.77. The Morgan fingerprint density at radius 3 is 2.94 bits per heavy atom. The van der Waals surface area contributed by atoms with Crippen LogP contribution in [0.4, 0.5) is 0 Å². The fourth-order valence-corrected chi connectivity index (χ4v) is 2.18. The van der Waals surface area contributed by atoms with Crippen molar-refractivity contribution in [3.05, 3.63) is 0 Å². The molecule has 1 saturated heterocycles. The van der Waals surface area contributed by atoms with E-state index in [1.807, 2.05) is 0 Å². The van der Waals surface area contributed by atoms with E-state index in [4.69, 9.17) is 4.74 Å². The van der Waals surface area contributed by atoms with Crippen LogP contribution in [0.2, 0.25) is 0 Å². The van der Waals surface area contributed by atoms with Crippen LogP contribution in [0.1, 0.15) is 39.5 Å². The second-order valence-electron chi connectivity index (χ2n) is 4.50. The zero-order valence-corrected chi connectivity index (χ0v) is 10.3. The molecular formula is C12H23NO3. The molecule has 0 aliphatic carbocycles.